The summed E-state index contributed by atoms with van der Waals surface area (Å²) < 4.78 is 27.6. The second-order valence-electron chi connectivity index (χ2n) is 3.44. The molecule has 1 aromatic carbocycles. The standard InChI is InChI=1S/C12H5Br2F2NO/c13-6-3-9(14)11(17-5-6)12(18)8-4-7(15)1-2-10(8)16/h1-5H. The second kappa shape index (κ2) is 5.24. The van der Waals surface area contributed by atoms with Gasteiger partial charge < -0.3 is 0 Å². The number of carbonyl (C=O) groups is 1. The van der Waals surface area contributed by atoms with Crippen molar-refractivity contribution < 1.29 is 13.6 Å². The Balaban J connectivity index is 2.51. The first kappa shape index (κ1) is 13.3. The van der Waals surface area contributed by atoms with Crippen LogP contribution in [0.25, 0.3) is 0 Å². The van der Waals surface area contributed by atoms with Gasteiger partial charge in [-0.25, -0.2) is 8.78 Å². The number of benzene rings is 1. The van der Waals surface area contributed by atoms with Crippen LogP contribution in [0.3, 0.4) is 0 Å². The molecule has 1 aromatic heterocycles. The molecule has 2 aromatic rings. The number of halogens is 4. The van der Waals surface area contributed by atoms with E-state index in [2.05, 4.69) is 36.8 Å². The van der Waals surface area contributed by atoms with E-state index in [9.17, 15) is 13.6 Å². The third kappa shape index (κ3) is 2.64. The highest BCUT2D eigenvalue weighted by Gasteiger charge is 2.18. The van der Waals surface area contributed by atoms with Gasteiger partial charge in [0.25, 0.3) is 0 Å². The first-order valence-corrected chi connectivity index (χ1v) is 6.38. The predicted molar refractivity (Wildman–Crippen MR) is 69.4 cm³/mol. The third-order valence-electron chi connectivity index (χ3n) is 2.20. The Bertz CT molecular complexity index is 631. The zero-order valence-corrected chi connectivity index (χ0v) is 11.9. The Morgan fingerprint density at radius 3 is 2.56 bits per heavy atom. The minimum absolute atomic E-state index is 0.0303. The zero-order chi connectivity index (χ0) is 13.3. The Morgan fingerprint density at radius 2 is 1.89 bits per heavy atom. The van der Waals surface area contributed by atoms with E-state index in [1.165, 1.54) is 6.20 Å². The molecule has 6 heteroatoms. The van der Waals surface area contributed by atoms with E-state index in [1.807, 2.05) is 0 Å². The van der Waals surface area contributed by atoms with Gasteiger partial charge in [-0.2, -0.15) is 0 Å². The molecule has 0 bridgehead atoms. The fourth-order valence-electron chi connectivity index (χ4n) is 1.38. The number of rotatable bonds is 2. The van der Waals surface area contributed by atoms with Crippen LogP contribution in [0.5, 0.6) is 0 Å². The normalized spacial score (nSPS) is 10.4. The molecule has 2 rings (SSSR count). The maximum Gasteiger partial charge on any atom is 0.215 e. The van der Waals surface area contributed by atoms with Gasteiger partial charge in [0.2, 0.25) is 5.78 Å². The summed E-state index contributed by atoms with van der Waals surface area (Å²) in [4.78, 5) is 15.9. The second-order valence-corrected chi connectivity index (χ2v) is 5.21. The highest BCUT2D eigenvalue weighted by atomic mass is 79.9. The SMILES string of the molecule is O=C(c1cc(F)ccc1F)c1ncc(Br)cc1Br. The molecule has 0 fully saturated rings. The lowest BCUT2D eigenvalue weighted by Gasteiger charge is -2.04. The molecule has 0 aliphatic heterocycles. The van der Waals surface area contributed by atoms with Crippen LogP contribution in [-0.4, -0.2) is 10.8 Å². The molecule has 0 radical (unpaired) electrons. The summed E-state index contributed by atoms with van der Waals surface area (Å²) in [5.74, 6) is -2.13. The summed E-state index contributed by atoms with van der Waals surface area (Å²) >= 11 is 6.35. The van der Waals surface area contributed by atoms with Crippen molar-refractivity contribution in [3.63, 3.8) is 0 Å². The van der Waals surface area contributed by atoms with Crippen LogP contribution in [0.1, 0.15) is 16.1 Å². The molecule has 0 atom stereocenters. The van der Waals surface area contributed by atoms with Crippen LogP contribution in [0, 0.1) is 11.6 Å². The van der Waals surface area contributed by atoms with Gasteiger partial charge in [0.15, 0.2) is 0 Å². The molecule has 18 heavy (non-hydrogen) atoms. The number of hydrogen-bond donors (Lipinski definition) is 0. The molecule has 92 valence electrons. The molecule has 0 spiro atoms. The fraction of sp³-hybridized carbons (Fsp3) is 0. The van der Waals surface area contributed by atoms with Crippen LogP contribution in [0.15, 0.2) is 39.4 Å². The summed E-state index contributed by atoms with van der Waals surface area (Å²) in [5, 5.41) is 0. The van der Waals surface area contributed by atoms with Gasteiger partial charge in [-0.3, -0.25) is 9.78 Å². The highest BCUT2D eigenvalue weighted by molar-refractivity contribution is 9.11. The Kier molecular flexibility index (Phi) is 3.87. The first-order valence-electron chi connectivity index (χ1n) is 4.80. The van der Waals surface area contributed by atoms with Gasteiger partial charge in [0.05, 0.1) is 5.56 Å². The Labute approximate surface area is 118 Å². The Morgan fingerprint density at radius 1 is 1.17 bits per heavy atom. The fourth-order valence-corrected chi connectivity index (χ4v) is 2.55. The number of nitrogens with zero attached hydrogens (tertiary/aromatic N) is 1. The smallest absolute Gasteiger partial charge is 0.215 e. The molecule has 0 unspecified atom stereocenters. The molecule has 1 heterocycles. The van der Waals surface area contributed by atoms with Crippen LogP contribution in [-0.2, 0) is 0 Å². The summed E-state index contributed by atoms with van der Waals surface area (Å²) in [6.45, 7) is 0. The first-order chi connectivity index (χ1) is 8.49. The predicted octanol–water partition coefficient (Wildman–Crippen LogP) is 4.12. The number of carbonyl (C=O) groups excluding carboxylic acids is 1. The molecular weight excluding hydrogens is 372 g/mol. The van der Waals surface area contributed by atoms with E-state index in [0.717, 1.165) is 18.2 Å². The molecule has 2 nitrogen and oxygen atoms in total. The average molecular weight is 377 g/mol. The van der Waals surface area contributed by atoms with Crippen molar-refractivity contribution in [2.75, 3.05) is 0 Å². The largest absolute Gasteiger partial charge is 0.287 e. The lowest BCUT2D eigenvalue weighted by molar-refractivity contribution is 0.102. The van der Waals surface area contributed by atoms with E-state index in [0.29, 0.717) is 8.95 Å². The van der Waals surface area contributed by atoms with Crippen molar-refractivity contribution in [1.29, 1.82) is 0 Å². The number of aromatic nitrogens is 1. The molecule has 0 N–H and O–H groups in total. The van der Waals surface area contributed by atoms with Gasteiger partial charge >= 0.3 is 0 Å². The molecule has 0 saturated heterocycles. The minimum atomic E-state index is -0.780. The van der Waals surface area contributed by atoms with Gasteiger partial charge in [-0.05, 0) is 56.1 Å². The maximum absolute atomic E-state index is 13.5. The van der Waals surface area contributed by atoms with Crippen LogP contribution in [0.4, 0.5) is 8.78 Å². The average Bonchev–Trinajstić information content (AvgIpc) is 2.31. The lowest BCUT2D eigenvalue weighted by atomic mass is 10.1. The van der Waals surface area contributed by atoms with Gasteiger partial charge in [0, 0.05) is 15.1 Å². The van der Waals surface area contributed by atoms with Gasteiger partial charge in [-0.15, -0.1) is 0 Å². The van der Waals surface area contributed by atoms with E-state index in [-0.39, 0.29) is 11.3 Å². The Hall–Kier alpha value is -1.14. The number of ketones is 1. The van der Waals surface area contributed by atoms with Crippen LogP contribution < -0.4 is 0 Å². The van der Waals surface area contributed by atoms with Crippen molar-refractivity contribution >= 4 is 37.6 Å². The van der Waals surface area contributed by atoms with Gasteiger partial charge in [-0.1, -0.05) is 0 Å². The quantitative estimate of drug-likeness (QED) is 0.738. The van der Waals surface area contributed by atoms with E-state index >= 15 is 0 Å². The highest BCUT2D eigenvalue weighted by Crippen LogP contribution is 2.23. The number of pyridine rings is 1. The maximum atomic E-state index is 13.5. The minimum Gasteiger partial charge on any atom is -0.287 e. The third-order valence-corrected chi connectivity index (χ3v) is 3.23. The number of hydrogen-bond acceptors (Lipinski definition) is 2. The van der Waals surface area contributed by atoms with E-state index in [1.54, 1.807) is 6.07 Å². The van der Waals surface area contributed by atoms with E-state index < -0.39 is 17.4 Å². The summed E-state index contributed by atoms with van der Waals surface area (Å²) in [7, 11) is 0. The zero-order valence-electron chi connectivity index (χ0n) is 8.75. The summed E-state index contributed by atoms with van der Waals surface area (Å²) in [6.07, 6.45) is 1.41. The molecule has 0 amide bonds. The molecule has 0 saturated carbocycles. The molecular formula is C12H5Br2F2NO. The van der Waals surface area contributed by atoms with E-state index in [4.69, 9.17) is 0 Å². The van der Waals surface area contributed by atoms with Crippen molar-refractivity contribution in [3.05, 3.63) is 62.3 Å². The summed E-state index contributed by atoms with van der Waals surface area (Å²) in [5.41, 5.74) is -0.312. The monoisotopic (exact) mass is 375 g/mol. The topological polar surface area (TPSA) is 30.0 Å². The van der Waals surface area contributed by atoms with Crippen molar-refractivity contribution in [1.82, 2.24) is 4.98 Å². The van der Waals surface area contributed by atoms with Crippen molar-refractivity contribution in [2.45, 2.75) is 0 Å². The lowest BCUT2D eigenvalue weighted by Crippen LogP contribution is -2.08. The van der Waals surface area contributed by atoms with Crippen molar-refractivity contribution in [2.24, 2.45) is 0 Å². The van der Waals surface area contributed by atoms with Crippen molar-refractivity contribution in [3.8, 4) is 0 Å². The van der Waals surface area contributed by atoms with Gasteiger partial charge in [0.1, 0.15) is 17.3 Å². The summed E-state index contributed by atoms with van der Waals surface area (Å²) in [6, 6.07) is 4.33. The molecule has 0 aliphatic rings. The molecule has 0 aliphatic carbocycles. The van der Waals surface area contributed by atoms with Crippen LogP contribution >= 0.6 is 31.9 Å². The van der Waals surface area contributed by atoms with Crippen LogP contribution in [0.2, 0.25) is 0 Å².